The molecule has 0 fully saturated rings. The summed E-state index contributed by atoms with van der Waals surface area (Å²) in [5.74, 6) is 4.75. The van der Waals surface area contributed by atoms with Crippen LogP contribution in [-0.4, -0.2) is 24.8 Å². The van der Waals surface area contributed by atoms with Crippen LogP contribution in [0.4, 0.5) is 11.4 Å². The summed E-state index contributed by atoms with van der Waals surface area (Å²) in [6.07, 6.45) is 5.14. The number of hydrogen-bond donors (Lipinski definition) is 0. The van der Waals surface area contributed by atoms with Gasteiger partial charge in [-0.1, -0.05) is 66.6 Å². The van der Waals surface area contributed by atoms with Crippen LogP contribution < -0.4 is 14.2 Å². The minimum Gasteiger partial charge on any atom is -0.489 e. The first-order chi connectivity index (χ1) is 19.1. The SMILES string of the molecule is C#Cc1ccccc1N=C=Nc1ccccc1OC(C[CH2])C(COc1ccccc1C)Oc1ccccc1C. The summed E-state index contributed by atoms with van der Waals surface area (Å²) in [6, 6.07) is 33.4. The molecule has 0 spiro atoms. The van der Waals surface area contributed by atoms with Crippen LogP contribution >= 0.6 is 0 Å². The fraction of sp³-hybridized carbons (Fsp3) is 0.176. The molecule has 5 heteroatoms. The topological polar surface area (TPSA) is 52.4 Å². The first-order valence-electron chi connectivity index (χ1n) is 12.8. The Balaban J connectivity index is 1.59. The van der Waals surface area contributed by atoms with Crippen LogP contribution in [0.25, 0.3) is 0 Å². The van der Waals surface area contributed by atoms with Crippen LogP contribution in [0.2, 0.25) is 0 Å². The molecule has 4 aromatic carbocycles. The van der Waals surface area contributed by atoms with Crippen LogP contribution in [0.1, 0.15) is 23.1 Å². The van der Waals surface area contributed by atoms with E-state index in [0.717, 1.165) is 22.6 Å². The van der Waals surface area contributed by atoms with Crippen molar-refractivity contribution in [2.24, 2.45) is 9.98 Å². The average Bonchev–Trinajstić information content (AvgIpc) is 2.97. The number of para-hydroxylation sites is 5. The molecule has 0 bridgehead atoms. The number of nitrogens with zero attached hydrogens (tertiary/aromatic N) is 2. The molecule has 0 saturated heterocycles. The van der Waals surface area contributed by atoms with Crippen LogP contribution in [0, 0.1) is 33.1 Å². The maximum absolute atomic E-state index is 6.46. The van der Waals surface area contributed by atoms with Gasteiger partial charge in [0.2, 0.25) is 0 Å². The molecule has 2 atom stereocenters. The van der Waals surface area contributed by atoms with Gasteiger partial charge in [0, 0.05) is 0 Å². The third kappa shape index (κ3) is 7.38. The molecular formula is C34H31N2O3. The molecule has 5 nitrogen and oxygen atoms in total. The second-order valence-corrected chi connectivity index (χ2v) is 8.90. The van der Waals surface area contributed by atoms with Crippen molar-refractivity contribution in [2.45, 2.75) is 32.5 Å². The lowest BCUT2D eigenvalue weighted by Gasteiger charge is -2.29. The van der Waals surface area contributed by atoms with E-state index < -0.39 is 12.2 Å². The first kappa shape index (κ1) is 27.3. The second-order valence-electron chi connectivity index (χ2n) is 8.90. The summed E-state index contributed by atoms with van der Waals surface area (Å²) in [6.45, 7) is 8.44. The molecule has 4 rings (SSSR count). The highest BCUT2D eigenvalue weighted by atomic mass is 16.6. The van der Waals surface area contributed by atoms with Gasteiger partial charge in [0.1, 0.15) is 41.7 Å². The van der Waals surface area contributed by atoms with Gasteiger partial charge in [0.05, 0.1) is 11.3 Å². The Morgan fingerprint density at radius 3 is 1.90 bits per heavy atom. The maximum Gasteiger partial charge on any atom is 0.169 e. The summed E-state index contributed by atoms with van der Waals surface area (Å²) < 4.78 is 19.1. The minimum absolute atomic E-state index is 0.273. The van der Waals surface area contributed by atoms with E-state index in [9.17, 15) is 0 Å². The molecule has 0 aromatic heterocycles. The normalized spacial score (nSPS) is 11.8. The molecule has 0 aliphatic carbocycles. The number of benzene rings is 4. The summed E-state index contributed by atoms with van der Waals surface area (Å²) in [4.78, 5) is 8.74. The average molecular weight is 516 g/mol. The molecule has 0 heterocycles. The van der Waals surface area contributed by atoms with Gasteiger partial charge < -0.3 is 14.2 Å². The lowest BCUT2D eigenvalue weighted by molar-refractivity contribution is 0.0237. The number of ether oxygens (including phenoxy) is 3. The van der Waals surface area contributed by atoms with Gasteiger partial charge in [0.15, 0.2) is 6.10 Å². The zero-order valence-electron chi connectivity index (χ0n) is 22.2. The Morgan fingerprint density at radius 2 is 1.23 bits per heavy atom. The van der Waals surface area contributed by atoms with E-state index in [1.807, 2.05) is 111 Å². The quantitative estimate of drug-likeness (QED) is 0.151. The van der Waals surface area contributed by atoms with Gasteiger partial charge in [-0.25, -0.2) is 0 Å². The van der Waals surface area contributed by atoms with Crippen molar-refractivity contribution in [1.82, 2.24) is 0 Å². The van der Waals surface area contributed by atoms with E-state index in [-0.39, 0.29) is 6.61 Å². The van der Waals surface area contributed by atoms with E-state index in [2.05, 4.69) is 28.8 Å². The van der Waals surface area contributed by atoms with Crippen molar-refractivity contribution in [3.63, 3.8) is 0 Å². The monoisotopic (exact) mass is 515 g/mol. The Hall–Kier alpha value is -4.78. The standard InChI is InChI=1S/C34H31N2O3/c1-5-27-17-9-10-18-28(27)35-24-36-29-19-11-14-22-33(29)38-30(6-2)34(39-32-21-13-8-16-26(32)4)23-37-31-20-12-7-15-25(31)3/h1,7-22,30,34H,2,6,23H2,3-4H3. The molecule has 0 aliphatic heterocycles. The number of hydrogen-bond acceptors (Lipinski definition) is 5. The van der Waals surface area contributed by atoms with Crippen LogP contribution in [-0.2, 0) is 0 Å². The van der Waals surface area contributed by atoms with Crippen molar-refractivity contribution in [2.75, 3.05) is 6.61 Å². The van der Waals surface area contributed by atoms with Gasteiger partial charge in [-0.15, -0.1) is 6.42 Å². The van der Waals surface area contributed by atoms with E-state index in [1.54, 1.807) is 0 Å². The van der Waals surface area contributed by atoms with E-state index in [4.69, 9.17) is 20.6 Å². The van der Waals surface area contributed by atoms with E-state index >= 15 is 0 Å². The summed E-state index contributed by atoms with van der Waals surface area (Å²) >= 11 is 0. The fourth-order valence-electron chi connectivity index (χ4n) is 3.92. The van der Waals surface area contributed by atoms with Gasteiger partial charge in [0.25, 0.3) is 0 Å². The van der Waals surface area contributed by atoms with Gasteiger partial charge in [-0.2, -0.15) is 9.98 Å². The van der Waals surface area contributed by atoms with Gasteiger partial charge in [-0.3, -0.25) is 0 Å². The number of terminal acetylenes is 1. The lowest BCUT2D eigenvalue weighted by Crippen LogP contribution is -2.41. The van der Waals surface area contributed by atoms with Crippen LogP contribution in [0.3, 0.4) is 0 Å². The molecule has 2 unspecified atom stereocenters. The highest BCUT2D eigenvalue weighted by Crippen LogP contribution is 2.30. The fourth-order valence-corrected chi connectivity index (χ4v) is 3.92. The zero-order chi connectivity index (χ0) is 27.5. The van der Waals surface area contributed by atoms with Crippen molar-refractivity contribution in [3.05, 3.63) is 121 Å². The molecule has 0 saturated carbocycles. The molecule has 0 aliphatic rings. The second kappa shape index (κ2) is 13.7. The molecule has 39 heavy (non-hydrogen) atoms. The highest BCUT2D eigenvalue weighted by molar-refractivity contribution is 5.65. The predicted molar refractivity (Wildman–Crippen MR) is 157 cm³/mol. The Morgan fingerprint density at radius 1 is 0.692 bits per heavy atom. The molecule has 0 N–H and O–H groups in total. The highest BCUT2D eigenvalue weighted by Gasteiger charge is 2.26. The van der Waals surface area contributed by atoms with Crippen molar-refractivity contribution in [3.8, 4) is 29.6 Å². The molecule has 0 amide bonds. The molecular weight excluding hydrogens is 484 g/mol. The Labute approximate surface area is 230 Å². The smallest absolute Gasteiger partial charge is 0.169 e. The Bertz CT molecular complexity index is 1500. The summed E-state index contributed by atoms with van der Waals surface area (Å²) in [7, 11) is 0. The van der Waals surface area contributed by atoms with Crippen molar-refractivity contribution < 1.29 is 14.2 Å². The lowest BCUT2D eigenvalue weighted by atomic mass is 10.1. The molecule has 4 aromatic rings. The maximum atomic E-state index is 6.46. The molecule has 195 valence electrons. The van der Waals surface area contributed by atoms with Crippen molar-refractivity contribution in [1.29, 1.82) is 0 Å². The number of rotatable bonds is 11. The summed E-state index contributed by atoms with van der Waals surface area (Å²) in [5, 5.41) is 0. The van der Waals surface area contributed by atoms with Crippen LogP contribution in [0.5, 0.6) is 17.2 Å². The largest absolute Gasteiger partial charge is 0.489 e. The number of aliphatic imine (C=N–C) groups is 2. The van der Waals surface area contributed by atoms with Gasteiger partial charge in [-0.05, 0) is 74.7 Å². The first-order valence-corrected chi connectivity index (χ1v) is 12.8. The minimum atomic E-state index is -0.448. The number of aryl methyl sites for hydroxylation is 2. The van der Waals surface area contributed by atoms with E-state index in [0.29, 0.717) is 29.1 Å². The summed E-state index contributed by atoms with van der Waals surface area (Å²) in [5.41, 5.74) is 3.94. The van der Waals surface area contributed by atoms with Gasteiger partial charge >= 0.3 is 0 Å². The van der Waals surface area contributed by atoms with Crippen molar-refractivity contribution >= 4 is 17.4 Å². The molecule has 1 radical (unpaired) electrons. The van der Waals surface area contributed by atoms with E-state index in [1.165, 1.54) is 0 Å². The zero-order valence-corrected chi connectivity index (χ0v) is 22.2. The predicted octanol–water partition coefficient (Wildman–Crippen LogP) is 7.92. The third-order valence-electron chi connectivity index (χ3n) is 6.11. The Kier molecular flexibility index (Phi) is 9.56. The van der Waals surface area contributed by atoms with Crippen LogP contribution in [0.15, 0.2) is 107 Å². The third-order valence-corrected chi connectivity index (χ3v) is 6.11.